The molecule has 0 fully saturated rings. The molecule has 29 heteroatoms. The number of pyridine rings is 1. The van der Waals surface area contributed by atoms with Gasteiger partial charge in [-0.05, 0) is 71.4 Å². The zero-order valence-corrected chi connectivity index (χ0v) is 45.7. The van der Waals surface area contributed by atoms with E-state index in [1.54, 1.807) is 165 Å². The van der Waals surface area contributed by atoms with E-state index >= 15 is 0 Å². The third kappa shape index (κ3) is 51.9. The van der Waals surface area contributed by atoms with Gasteiger partial charge in [-0.2, -0.15) is 16.4 Å². The lowest BCUT2D eigenvalue weighted by molar-refractivity contribution is 0.416. The largest absolute Gasteiger partial charge is 0.473 e. The molecular formula is C54H57N23O4S2. The number of H-pyrrole nitrogens is 5. The summed E-state index contributed by atoms with van der Waals surface area (Å²) in [6.07, 6.45) is 52.9. The van der Waals surface area contributed by atoms with E-state index in [1.807, 2.05) is 113 Å². The molecule has 5 N–H and O–H groups in total. The molecule has 15 heterocycles. The van der Waals surface area contributed by atoms with Gasteiger partial charge >= 0.3 is 0 Å². The summed E-state index contributed by atoms with van der Waals surface area (Å²) in [5.41, 5.74) is 3.91. The van der Waals surface area contributed by atoms with Crippen molar-refractivity contribution in [1.82, 2.24) is 115 Å². The Morgan fingerprint density at radius 1 is 0.349 bits per heavy atom. The number of hydrogen-bond donors (Lipinski definition) is 5. The van der Waals surface area contributed by atoms with E-state index in [0.717, 1.165) is 11.0 Å². The molecule has 15 aromatic heterocycles. The Hall–Kier alpha value is -12.0. The van der Waals surface area contributed by atoms with E-state index in [2.05, 4.69) is 133 Å². The predicted octanol–water partition coefficient (Wildman–Crippen LogP) is 10.7. The first-order chi connectivity index (χ1) is 41.5. The van der Waals surface area contributed by atoms with Crippen LogP contribution in [0.2, 0.25) is 0 Å². The zero-order chi connectivity index (χ0) is 58.4. The van der Waals surface area contributed by atoms with Gasteiger partial charge in [-0.15, -0.1) is 21.5 Å². The summed E-state index contributed by atoms with van der Waals surface area (Å²) in [6.45, 7) is 0. The number of para-hydroxylation sites is 2. The van der Waals surface area contributed by atoms with Crippen molar-refractivity contribution >= 4 is 33.7 Å². The normalized spacial score (nSPS) is 8.24. The highest BCUT2D eigenvalue weighted by Crippen LogP contribution is 2.05. The van der Waals surface area contributed by atoms with E-state index in [-0.39, 0.29) is 0 Å². The molecule has 0 aliphatic rings. The van der Waals surface area contributed by atoms with Crippen LogP contribution in [-0.2, 0) is 0 Å². The fraction of sp³-hybridized carbons (Fsp3) is 0. The lowest BCUT2D eigenvalue weighted by atomic mass is 10.3. The third-order valence-corrected chi connectivity index (χ3v) is 8.22. The summed E-state index contributed by atoms with van der Waals surface area (Å²) < 4.78 is 17.6. The van der Waals surface area contributed by atoms with Crippen LogP contribution in [0, 0.1) is 0 Å². The number of rotatable bonds is 0. The van der Waals surface area contributed by atoms with Gasteiger partial charge in [-0.1, -0.05) is 35.5 Å². The molecule has 0 radical (unpaired) electrons. The van der Waals surface area contributed by atoms with E-state index in [9.17, 15) is 0 Å². The van der Waals surface area contributed by atoms with Gasteiger partial charge in [0.1, 0.15) is 31.6 Å². The fourth-order valence-corrected chi connectivity index (χ4v) is 4.71. The Bertz CT molecular complexity index is 2420. The molecule has 424 valence electrons. The SMILES string of the molecule is c1c[nH]cn1.c1c[nH]cn1.c1cc[nH]c1.c1ccc2[nH]cnc2c1.c1ccncc1.c1ccoc1.c1ccsc1.c1cn[nH]c1.c1cnccn1.c1cncnc1.c1cocn1.c1cscn1.c1ncncn1.c1ncon1.c1nnco1. The molecule has 83 heavy (non-hydrogen) atoms. The molecule has 27 nitrogen and oxygen atoms in total. The minimum atomic E-state index is 1.03. The minimum absolute atomic E-state index is 1.03. The number of nitrogens with one attached hydrogen (secondary N) is 5. The van der Waals surface area contributed by atoms with Crippen LogP contribution in [0.1, 0.15) is 0 Å². The number of oxazole rings is 1. The fourth-order valence-electron chi connectivity index (χ4n) is 3.90. The summed E-state index contributed by atoms with van der Waals surface area (Å²) in [5.74, 6) is 0. The molecule has 0 aliphatic heterocycles. The van der Waals surface area contributed by atoms with Crippen molar-refractivity contribution in [2.75, 3.05) is 0 Å². The van der Waals surface area contributed by atoms with Gasteiger partial charge < -0.3 is 37.7 Å². The lowest BCUT2D eigenvalue weighted by Gasteiger charge is -1.81. The van der Waals surface area contributed by atoms with Gasteiger partial charge in [-0.3, -0.25) is 25.0 Å². The molecule has 1 aromatic carbocycles. The number of fused-ring (bicyclic) bond motifs is 1. The molecular weight excluding hydrogens is 1100 g/mol. The molecule has 0 unspecified atom stereocenters. The molecule has 0 spiro atoms. The topological polar surface area (TPSA) is 364 Å². The minimum Gasteiger partial charge on any atom is -0.473 e. The number of thiazole rings is 1. The van der Waals surface area contributed by atoms with Gasteiger partial charge in [0.2, 0.25) is 19.2 Å². The average molecular weight is 1160 g/mol. The Morgan fingerprint density at radius 3 is 1.25 bits per heavy atom. The van der Waals surface area contributed by atoms with Gasteiger partial charge in [0.15, 0.2) is 12.7 Å². The smallest absolute Gasteiger partial charge is 0.213 e. The first kappa shape index (κ1) is 67.1. The number of hydrogen-bond acceptors (Lipinski definition) is 24. The number of nitrogens with zero attached hydrogens (tertiary/aromatic N) is 18. The quantitative estimate of drug-likeness (QED) is 0.0941. The van der Waals surface area contributed by atoms with Crippen LogP contribution in [0.4, 0.5) is 0 Å². The summed E-state index contributed by atoms with van der Waals surface area (Å²) in [4.78, 5) is 62.8. The second-order valence-electron chi connectivity index (χ2n) is 12.8. The second kappa shape index (κ2) is 59.3. The molecule has 0 saturated carbocycles. The van der Waals surface area contributed by atoms with E-state index in [4.69, 9.17) is 0 Å². The van der Waals surface area contributed by atoms with Crippen LogP contribution in [0.25, 0.3) is 11.0 Å². The van der Waals surface area contributed by atoms with Crippen LogP contribution in [-0.4, -0.2) is 115 Å². The van der Waals surface area contributed by atoms with E-state index in [1.165, 1.54) is 63.5 Å². The maximum Gasteiger partial charge on any atom is 0.213 e. The van der Waals surface area contributed by atoms with Crippen molar-refractivity contribution in [2.24, 2.45) is 0 Å². The average Bonchev–Trinajstić information content (AvgIpc) is 4.41. The second-order valence-corrected chi connectivity index (χ2v) is 14.4. The van der Waals surface area contributed by atoms with Crippen molar-refractivity contribution in [3.8, 4) is 0 Å². The van der Waals surface area contributed by atoms with Crippen LogP contribution in [0.15, 0.2) is 337 Å². The van der Waals surface area contributed by atoms with Crippen molar-refractivity contribution in [3.63, 3.8) is 0 Å². The molecule has 0 saturated heterocycles. The molecule has 0 bridgehead atoms. The van der Waals surface area contributed by atoms with Crippen molar-refractivity contribution in [2.45, 2.75) is 0 Å². The number of thiophene rings is 1. The van der Waals surface area contributed by atoms with Gasteiger partial charge in [0.25, 0.3) is 0 Å². The number of aromatic amines is 5. The Kier molecular flexibility index (Phi) is 47.9. The predicted molar refractivity (Wildman–Crippen MR) is 311 cm³/mol. The summed E-state index contributed by atoms with van der Waals surface area (Å²) in [6, 6.07) is 28.9. The summed E-state index contributed by atoms with van der Waals surface area (Å²) in [7, 11) is 0. The maximum absolute atomic E-state index is 4.58. The van der Waals surface area contributed by atoms with Crippen molar-refractivity contribution in [1.29, 1.82) is 0 Å². The van der Waals surface area contributed by atoms with E-state index < -0.39 is 0 Å². The third-order valence-electron chi connectivity index (χ3n) is 7.07. The molecule has 0 aliphatic carbocycles. The van der Waals surface area contributed by atoms with Crippen LogP contribution < -0.4 is 0 Å². The van der Waals surface area contributed by atoms with Crippen LogP contribution >= 0.6 is 22.7 Å². The van der Waals surface area contributed by atoms with Crippen LogP contribution in [0.3, 0.4) is 0 Å². The highest BCUT2D eigenvalue weighted by Gasteiger charge is 1.88. The summed E-state index contributed by atoms with van der Waals surface area (Å²) in [5, 5.41) is 22.1. The zero-order valence-electron chi connectivity index (χ0n) is 44.0. The molecule has 16 aromatic rings. The first-order valence-corrected chi connectivity index (χ1v) is 25.4. The maximum atomic E-state index is 4.58. The molecule has 16 rings (SSSR count). The number of aromatic nitrogens is 23. The number of imidazole rings is 3. The highest BCUT2D eigenvalue weighted by molar-refractivity contribution is 7.07. The standard InChI is InChI=1S/C7H6N2.C5H5N.2C4H4N2.C4H5N.C4H4O.C4H4S.C3H3N3.3C3H4N2.C3H3NO.C3H3NS.2C2H2N2O/c1-2-4-7-6(3-1)8-5-9-7;1-2-4-6-5-3-1;1-2-6-4-3-5-1;1-2-5-4-6-3-1;3*1-2-4-5-3-1;1-4-2-6-3-5-1;2*1-2-5-3-4-1;1-2-4-5-3-1;2*1-2-5-3-4-1;1-3-4-2-5-1;1-3-2-5-4-1/h1-5H,(H,8,9);1-5H;2*1-4H;1-5H;2*1-4H;1-3H;3*1-3H,(H,4,5);2*1-3H;2*1-2H. The van der Waals surface area contributed by atoms with Gasteiger partial charge in [0.05, 0.1) is 54.2 Å². The highest BCUT2D eigenvalue weighted by atomic mass is 32.1. The van der Waals surface area contributed by atoms with Gasteiger partial charge in [0, 0.05) is 111 Å². The Morgan fingerprint density at radius 2 is 1.00 bits per heavy atom. The first-order valence-electron chi connectivity index (χ1n) is 23.5. The van der Waals surface area contributed by atoms with Gasteiger partial charge in [-0.25, -0.2) is 49.8 Å². The molecule has 0 atom stereocenters. The Labute approximate surface area is 483 Å². The van der Waals surface area contributed by atoms with Crippen molar-refractivity contribution < 1.29 is 17.8 Å². The van der Waals surface area contributed by atoms with Crippen molar-refractivity contribution in [3.05, 3.63) is 319 Å². The Balaban J connectivity index is 0.000000305. The monoisotopic (exact) mass is 1160 g/mol. The summed E-state index contributed by atoms with van der Waals surface area (Å²) >= 11 is 3.31. The number of benzene rings is 1. The molecule has 0 amide bonds. The lowest BCUT2D eigenvalue weighted by Crippen LogP contribution is -1.73. The van der Waals surface area contributed by atoms with Crippen LogP contribution in [0.5, 0.6) is 0 Å². The van der Waals surface area contributed by atoms with E-state index in [0.29, 0.717) is 0 Å². The number of furan rings is 1.